The predicted molar refractivity (Wildman–Crippen MR) is 85.6 cm³/mol. The van der Waals surface area contributed by atoms with Gasteiger partial charge in [0.2, 0.25) is 0 Å². The quantitative estimate of drug-likeness (QED) is 0.642. The molecule has 1 N–H and O–H groups in total. The van der Waals surface area contributed by atoms with Crippen molar-refractivity contribution in [2.75, 3.05) is 26.0 Å². The lowest BCUT2D eigenvalue weighted by molar-refractivity contribution is -0.384. The SMILES string of the molecule is CNc1ccc(CN(C)CC2CCCCC2)cc1[N+](=O)[O-]. The van der Waals surface area contributed by atoms with Gasteiger partial charge in [0.05, 0.1) is 4.92 Å². The maximum atomic E-state index is 11.1. The molecule has 0 unspecified atom stereocenters. The first-order chi connectivity index (χ1) is 10.1. The van der Waals surface area contributed by atoms with Crippen molar-refractivity contribution in [2.45, 2.75) is 38.6 Å². The molecule has 1 saturated carbocycles. The van der Waals surface area contributed by atoms with Crippen molar-refractivity contribution in [3.8, 4) is 0 Å². The molecule has 21 heavy (non-hydrogen) atoms. The third-order valence-electron chi connectivity index (χ3n) is 4.28. The van der Waals surface area contributed by atoms with Gasteiger partial charge in [0.25, 0.3) is 5.69 Å². The summed E-state index contributed by atoms with van der Waals surface area (Å²) >= 11 is 0. The molecule has 1 aromatic rings. The number of nitro benzene ring substituents is 1. The summed E-state index contributed by atoms with van der Waals surface area (Å²) in [5.74, 6) is 0.787. The van der Waals surface area contributed by atoms with Crippen molar-refractivity contribution in [1.29, 1.82) is 0 Å². The molecule has 0 amide bonds. The second-order valence-electron chi connectivity index (χ2n) is 6.06. The van der Waals surface area contributed by atoms with E-state index < -0.39 is 0 Å². The van der Waals surface area contributed by atoms with Crippen LogP contribution >= 0.6 is 0 Å². The Morgan fingerprint density at radius 3 is 2.67 bits per heavy atom. The lowest BCUT2D eigenvalue weighted by Crippen LogP contribution is -2.26. The highest BCUT2D eigenvalue weighted by Crippen LogP contribution is 2.27. The highest BCUT2D eigenvalue weighted by molar-refractivity contribution is 5.62. The van der Waals surface area contributed by atoms with E-state index in [1.165, 1.54) is 32.1 Å². The summed E-state index contributed by atoms with van der Waals surface area (Å²) in [6, 6.07) is 5.45. The zero-order chi connectivity index (χ0) is 15.2. The van der Waals surface area contributed by atoms with Gasteiger partial charge in [-0.1, -0.05) is 25.3 Å². The van der Waals surface area contributed by atoms with Crippen LogP contribution in [0.4, 0.5) is 11.4 Å². The van der Waals surface area contributed by atoms with E-state index >= 15 is 0 Å². The zero-order valence-electron chi connectivity index (χ0n) is 13.0. The predicted octanol–water partition coefficient (Wildman–Crippen LogP) is 3.65. The van der Waals surface area contributed by atoms with Gasteiger partial charge >= 0.3 is 0 Å². The second-order valence-corrected chi connectivity index (χ2v) is 6.06. The fourth-order valence-electron chi connectivity index (χ4n) is 3.22. The van der Waals surface area contributed by atoms with Crippen molar-refractivity contribution in [1.82, 2.24) is 4.90 Å². The van der Waals surface area contributed by atoms with Crippen LogP contribution < -0.4 is 5.32 Å². The lowest BCUT2D eigenvalue weighted by Gasteiger charge is -2.27. The van der Waals surface area contributed by atoms with Crippen molar-refractivity contribution in [3.63, 3.8) is 0 Å². The van der Waals surface area contributed by atoms with Crippen LogP contribution in [0, 0.1) is 16.0 Å². The molecule has 1 fully saturated rings. The minimum atomic E-state index is -0.323. The van der Waals surface area contributed by atoms with E-state index in [0.717, 1.165) is 24.6 Å². The van der Waals surface area contributed by atoms with Crippen LogP contribution in [0.2, 0.25) is 0 Å². The van der Waals surface area contributed by atoms with Crippen LogP contribution in [0.5, 0.6) is 0 Å². The highest BCUT2D eigenvalue weighted by atomic mass is 16.6. The minimum absolute atomic E-state index is 0.154. The Hall–Kier alpha value is -1.62. The molecular weight excluding hydrogens is 266 g/mol. The van der Waals surface area contributed by atoms with Crippen molar-refractivity contribution in [3.05, 3.63) is 33.9 Å². The Balaban J connectivity index is 1.98. The van der Waals surface area contributed by atoms with Crippen LogP contribution in [0.15, 0.2) is 18.2 Å². The average molecular weight is 291 g/mol. The van der Waals surface area contributed by atoms with E-state index in [1.807, 2.05) is 6.07 Å². The molecule has 0 aliphatic heterocycles. The molecule has 0 atom stereocenters. The van der Waals surface area contributed by atoms with Gasteiger partial charge in [-0.2, -0.15) is 0 Å². The van der Waals surface area contributed by atoms with E-state index in [2.05, 4.69) is 17.3 Å². The molecule has 0 heterocycles. The van der Waals surface area contributed by atoms with E-state index in [1.54, 1.807) is 19.2 Å². The molecule has 0 spiro atoms. The standard InChI is InChI=1S/C16H25N3O2/c1-17-15-9-8-14(10-16(15)19(20)21)12-18(2)11-13-6-4-3-5-7-13/h8-10,13,17H,3-7,11-12H2,1-2H3. The number of nitrogens with one attached hydrogen (secondary N) is 1. The molecule has 0 bridgehead atoms. The zero-order valence-corrected chi connectivity index (χ0v) is 13.0. The molecule has 0 saturated heterocycles. The van der Waals surface area contributed by atoms with Gasteiger partial charge in [-0.3, -0.25) is 10.1 Å². The van der Waals surface area contributed by atoms with E-state index in [9.17, 15) is 10.1 Å². The molecule has 5 nitrogen and oxygen atoms in total. The van der Waals surface area contributed by atoms with Gasteiger partial charge in [-0.05, 0) is 37.4 Å². The first-order valence-corrected chi connectivity index (χ1v) is 7.73. The summed E-state index contributed by atoms with van der Waals surface area (Å²) in [7, 11) is 3.81. The van der Waals surface area contributed by atoms with Crippen LogP contribution in [-0.2, 0) is 6.54 Å². The summed E-state index contributed by atoms with van der Waals surface area (Å²) in [6.45, 7) is 1.85. The monoisotopic (exact) mass is 291 g/mol. The first-order valence-electron chi connectivity index (χ1n) is 7.73. The minimum Gasteiger partial charge on any atom is -0.383 e. The fraction of sp³-hybridized carbons (Fsp3) is 0.625. The Bertz CT molecular complexity index is 484. The van der Waals surface area contributed by atoms with E-state index in [0.29, 0.717) is 5.69 Å². The fourth-order valence-corrected chi connectivity index (χ4v) is 3.22. The van der Waals surface area contributed by atoms with Crippen LogP contribution in [0.3, 0.4) is 0 Å². The largest absolute Gasteiger partial charge is 0.383 e. The molecule has 1 aliphatic rings. The third-order valence-corrected chi connectivity index (χ3v) is 4.28. The normalized spacial score (nSPS) is 16.1. The maximum absolute atomic E-state index is 11.1. The van der Waals surface area contributed by atoms with Gasteiger partial charge in [-0.15, -0.1) is 0 Å². The number of benzene rings is 1. The Morgan fingerprint density at radius 2 is 2.05 bits per heavy atom. The van der Waals surface area contributed by atoms with Crippen LogP contribution in [0.1, 0.15) is 37.7 Å². The lowest BCUT2D eigenvalue weighted by atomic mass is 9.89. The van der Waals surface area contributed by atoms with Gasteiger partial charge in [0.15, 0.2) is 0 Å². The van der Waals surface area contributed by atoms with Crippen molar-refractivity contribution >= 4 is 11.4 Å². The van der Waals surface area contributed by atoms with Crippen LogP contribution in [-0.4, -0.2) is 30.5 Å². The highest BCUT2D eigenvalue weighted by Gasteiger charge is 2.17. The molecular formula is C16H25N3O2. The van der Waals surface area contributed by atoms with Crippen molar-refractivity contribution < 1.29 is 4.92 Å². The van der Waals surface area contributed by atoms with Gasteiger partial charge in [0.1, 0.15) is 5.69 Å². The molecule has 2 rings (SSSR count). The summed E-state index contributed by atoms with van der Waals surface area (Å²) in [6.07, 6.45) is 6.71. The molecule has 1 aliphatic carbocycles. The molecule has 116 valence electrons. The molecule has 1 aromatic carbocycles. The first kappa shape index (κ1) is 15.8. The van der Waals surface area contributed by atoms with Crippen LogP contribution in [0.25, 0.3) is 0 Å². The van der Waals surface area contributed by atoms with Gasteiger partial charge < -0.3 is 10.2 Å². The topological polar surface area (TPSA) is 58.4 Å². The summed E-state index contributed by atoms with van der Waals surface area (Å²) < 4.78 is 0. The van der Waals surface area contributed by atoms with Gasteiger partial charge in [0, 0.05) is 26.2 Å². The Morgan fingerprint density at radius 1 is 1.33 bits per heavy atom. The Kier molecular flexibility index (Phi) is 5.56. The number of hydrogen-bond acceptors (Lipinski definition) is 4. The molecule has 0 aromatic heterocycles. The molecule has 0 radical (unpaired) electrons. The summed E-state index contributed by atoms with van der Waals surface area (Å²) in [5.41, 5.74) is 1.72. The average Bonchev–Trinajstić information content (AvgIpc) is 2.48. The van der Waals surface area contributed by atoms with Crippen molar-refractivity contribution in [2.24, 2.45) is 5.92 Å². The second kappa shape index (κ2) is 7.41. The summed E-state index contributed by atoms with van der Waals surface area (Å²) in [4.78, 5) is 13.1. The smallest absolute Gasteiger partial charge is 0.292 e. The number of nitro groups is 1. The number of anilines is 1. The van der Waals surface area contributed by atoms with Gasteiger partial charge in [-0.25, -0.2) is 0 Å². The van der Waals surface area contributed by atoms with E-state index in [4.69, 9.17) is 0 Å². The maximum Gasteiger partial charge on any atom is 0.292 e. The Labute approximate surface area is 126 Å². The summed E-state index contributed by atoms with van der Waals surface area (Å²) in [5, 5.41) is 14.0. The third kappa shape index (κ3) is 4.43. The number of rotatable bonds is 6. The number of nitrogens with zero attached hydrogens (tertiary/aromatic N) is 2. The number of hydrogen-bond donors (Lipinski definition) is 1. The molecule has 5 heteroatoms. The van der Waals surface area contributed by atoms with E-state index in [-0.39, 0.29) is 10.6 Å².